The van der Waals surface area contributed by atoms with E-state index in [4.69, 9.17) is 0 Å². The molecular weight excluding hydrogens is 264 g/mol. The zero-order valence-electron chi connectivity index (χ0n) is 11.3. The number of ether oxygens (including phenoxy) is 1. The Hall–Kier alpha value is -1.33. The van der Waals surface area contributed by atoms with Gasteiger partial charge in [0, 0.05) is 0 Å². The molecule has 1 rings (SSSR count). The number of thioether (sulfide) groups is 1. The minimum atomic E-state index is -1.95. The monoisotopic (exact) mass is 282 g/mol. The van der Waals surface area contributed by atoms with Crippen LogP contribution in [-0.4, -0.2) is 29.1 Å². The van der Waals surface area contributed by atoms with Crippen LogP contribution in [0.2, 0.25) is 0 Å². The lowest BCUT2D eigenvalue weighted by Crippen LogP contribution is -2.45. The van der Waals surface area contributed by atoms with Crippen LogP contribution in [-0.2, 0) is 19.9 Å². The Morgan fingerprint density at radius 1 is 1.37 bits per heavy atom. The van der Waals surface area contributed by atoms with E-state index >= 15 is 0 Å². The van der Waals surface area contributed by atoms with Crippen LogP contribution in [0.15, 0.2) is 30.3 Å². The summed E-state index contributed by atoms with van der Waals surface area (Å²) in [5, 5.41) is 10.5. The number of rotatable bonds is 5. The van der Waals surface area contributed by atoms with Crippen molar-refractivity contribution in [3.05, 3.63) is 35.9 Å². The summed E-state index contributed by atoms with van der Waals surface area (Å²) in [6, 6.07) is 8.39. The Morgan fingerprint density at radius 3 is 2.42 bits per heavy atom. The molecule has 0 aliphatic carbocycles. The van der Waals surface area contributed by atoms with Crippen molar-refractivity contribution in [3.63, 3.8) is 0 Å². The molecular formula is C14H18O4S. The van der Waals surface area contributed by atoms with Crippen molar-refractivity contribution in [1.29, 1.82) is 0 Å². The number of esters is 1. The Balaban J connectivity index is 3.21. The summed E-state index contributed by atoms with van der Waals surface area (Å²) in [6.45, 7) is 3.38. The van der Waals surface area contributed by atoms with Gasteiger partial charge in [-0.15, -0.1) is 0 Å². The number of benzene rings is 1. The van der Waals surface area contributed by atoms with E-state index in [0.29, 0.717) is 11.3 Å². The highest BCUT2D eigenvalue weighted by atomic mass is 32.2. The molecule has 4 nitrogen and oxygen atoms in total. The van der Waals surface area contributed by atoms with Gasteiger partial charge < -0.3 is 9.84 Å². The van der Waals surface area contributed by atoms with Gasteiger partial charge in [-0.2, -0.15) is 0 Å². The number of carbonyl (C=O) groups excluding carboxylic acids is 2. The van der Waals surface area contributed by atoms with Crippen LogP contribution < -0.4 is 0 Å². The maximum absolute atomic E-state index is 12.0. The standard InChI is InChI=1S/C14H18O4S/c1-4-19-12(15)10(2)14(17,13(16)18-3)11-8-6-5-7-9-11/h5-10,17H,4H2,1-3H3/t10-,14+/m1/s1. The average molecular weight is 282 g/mol. The van der Waals surface area contributed by atoms with Gasteiger partial charge in [0.05, 0.1) is 13.0 Å². The SMILES string of the molecule is CCSC(=O)[C@@H](C)[C@@](O)(C(=O)OC)c1ccccc1. The number of methoxy groups -OCH3 is 1. The van der Waals surface area contributed by atoms with Crippen molar-refractivity contribution in [1.82, 2.24) is 0 Å². The molecule has 0 spiro atoms. The lowest BCUT2D eigenvalue weighted by Gasteiger charge is -2.30. The van der Waals surface area contributed by atoms with E-state index in [1.165, 1.54) is 14.0 Å². The minimum absolute atomic E-state index is 0.237. The predicted octanol–water partition coefficient (Wildman–Crippen LogP) is 1.96. The molecule has 0 aromatic heterocycles. The predicted molar refractivity (Wildman–Crippen MR) is 74.7 cm³/mol. The van der Waals surface area contributed by atoms with Gasteiger partial charge >= 0.3 is 5.97 Å². The second-order valence-electron chi connectivity index (χ2n) is 4.10. The lowest BCUT2D eigenvalue weighted by atomic mass is 9.83. The van der Waals surface area contributed by atoms with Gasteiger partial charge in [-0.25, -0.2) is 4.79 Å². The largest absolute Gasteiger partial charge is 0.467 e. The number of hydrogen-bond donors (Lipinski definition) is 1. The van der Waals surface area contributed by atoms with Gasteiger partial charge in [0.1, 0.15) is 0 Å². The second kappa shape index (κ2) is 6.73. The molecule has 0 heterocycles. The van der Waals surface area contributed by atoms with E-state index in [1.54, 1.807) is 30.3 Å². The van der Waals surface area contributed by atoms with Crippen LogP contribution in [0.5, 0.6) is 0 Å². The maximum atomic E-state index is 12.0. The molecule has 0 unspecified atom stereocenters. The molecule has 0 radical (unpaired) electrons. The van der Waals surface area contributed by atoms with Crippen molar-refractivity contribution in [2.75, 3.05) is 12.9 Å². The van der Waals surface area contributed by atoms with Gasteiger partial charge in [-0.3, -0.25) is 4.79 Å². The molecule has 19 heavy (non-hydrogen) atoms. The summed E-state index contributed by atoms with van der Waals surface area (Å²) >= 11 is 1.08. The molecule has 1 aromatic carbocycles. The van der Waals surface area contributed by atoms with Crippen LogP contribution in [0, 0.1) is 5.92 Å². The van der Waals surface area contributed by atoms with Crippen molar-refractivity contribution < 1.29 is 19.4 Å². The Labute approximate surface area is 117 Å². The molecule has 0 bridgehead atoms. The van der Waals surface area contributed by atoms with E-state index in [9.17, 15) is 14.7 Å². The van der Waals surface area contributed by atoms with Crippen molar-refractivity contribution in [2.45, 2.75) is 19.4 Å². The van der Waals surface area contributed by atoms with Crippen molar-refractivity contribution in [3.8, 4) is 0 Å². The lowest BCUT2D eigenvalue weighted by molar-refractivity contribution is -0.171. The molecule has 0 amide bonds. The molecule has 2 atom stereocenters. The average Bonchev–Trinajstić information content (AvgIpc) is 2.45. The molecule has 104 valence electrons. The number of carbonyl (C=O) groups is 2. The second-order valence-corrected chi connectivity index (χ2v) is 5.37. The third-order valence-electron chi connectivity index (χ3n) is 2.98. The van der Waals surface area contributed by atoms with Crippen LogP contribution in [0.25, 0.3) is 0 Å². The minimum Gasteiger partial charge on any atom is -0.467 e. The Bertz CT molecular complexity index is 446. The van der Waals surface area contributed by atoms with Gasteiger partial charge in [-0.1, -0.05) is 55.9 Å². The molecule has 1 aromatic rings. The fraction of sp³-hybridized carbons (Fsp3) is 0.429. The third kappa shape index (κ3) is 3.16. The van der Waals surface area contributed by atoms with Gasteiger partial charge in [0.25, 0.3) is 0 Å². The highest BCUT2D eigenvalue weighted by Crippen LogP contribution is 2.34. The summed E-state index contributed by atoms with van der Waals surface area (Å²) in [5.41, 5.74) is -1.59. The summed E-state index contributed by atoms with van der Waals surface area (Å²) in [4.78, 5) is 23.9. The number of hydrogen-bond acceptors (Lipinski definition) is 5. The van der Waals surface area contributed by atoms with E-state index in [0.717, 1.165) is 11.8 Å². The van der Waals surface area contributed by atoms with Crippen molar-refractivity contribution >= 4 is 22.8 Å². The molecule has 5 heteroatoms. The van der Waals surface area contributed by atoms with Gasteiger partial charge in [-0.05, 0) is 11.3 Å². The fourth-order valence-corrected chi connectivity index (χ4v) is 2.54. The van der Waals surface area contributed by atoms with Gasteiger partial charge in [0.2, 0.25) is 0 Å². The first-order valence-electron chi connectivity index (χ1n) is 6.01. The smallest absolute Gasteiger partial charge is 0.343 e. The molecule has 0 saturated heterocycles. The normalized spacial score (nSPS) is 15.4. The molecule has 0 fully saturated rings. The summed E-state index contributed by atoms with van der Waals surface area (Å²) in [7, 11) is 1.19. The summed E-state index contributed by atoms with van der Waals surface area (Å²) < 4.78 is 4.67. The first-order valence-corrected chi connectivity index (χ1v) is 7.00. The maximum Gasteiger partial charge on any atom is 0.343 e. The highest BCUT2D eigenvalue weighted by molar-refractivity contribution is 8.13. The van der Waals surface area contributed by atoms with E-state index in [-0.39, 0.29) is 5.12 Å². The Kier molecular flexibility index (Phi) is 5.57. The van der Waals surface area contributed by atoms with Crippen LogP contribution in [0.1, 0.15) is 19.4 Å². The highest BCUT2D eigenvalue weighted by Gasteiger charge is 2.47. The van der Waals surface area contributed by atoms with Crippen LogP contribution in [0.4, 0.5) is 0 Å². The Morgan fingerprint density at radius 2 is 1.95 bits per heavy atom. The fourth-order valence-electron chi connectivity index (χ4n) is 1.83. The van der Waals surface area contributed by atoms with Crippen LogP contribution in [0.3, 0.4) is 0 Å². The van der Waals surface area contributed by atoms with E-state index in [1.807, 2.05) is 6.92 Å². The summed E-state index contributed by atoms with van der Waals surface area (Å²) in [6.07, 6.45) is 0. The van der Waals surface area contributed by atoms with Crippen molar-refractivity contribution in [2.24, 2.45) is 5.92 Å². The first kappa shape index (κ1) is 15.7. The van der Waals surface area contributed by atoms with Gasteiger partial charge in [0.15, 0.2) is 10.7 Å². The summed E-state index contributed by atoms with van der Waals surface area (Å²) in [5.74, 6) is -1.11. The quantitative estimate of drug-likeness (QED) is 0.836. The molecule has 1 N–H and O–H groups in total. The van der Waals surface area contributed by atoms with Crippen LogP contribution >= 0.6 is 11.8 Å². The molecule has 0 aliphatic heterocycles. The van der Waals surface area contributed by atoms with E-state index in [2.05, 4.69) is 4.74 Å². The van der Waals surface area contributed by atoms with E-state index < -0.39 is 17.5 Å². The zero-order chi connectivity index (χ0) is 14.5. The third-order valence-corrected chi connectivity index (χ3v) is 3.90. The first-order chi connectivity index (χ1) is 8.98. The number of aliphatic hydroxyl groups is 1. The molecule has 0 aliphatic rings. The zero-order valence-corrected chi connectivity index (χ0v) is 12.1. The topological polar surface area (TPSA) is 63.6 Å². The molecule has 0 saturated carbocycles.